The molecule has 0 heterocycles. The second-order valence-electron chi connectivity index (χ2n) is 4.82. The number of aliphatic imine (C=N–C) groups is 1. The van der Waals surface area contributed by atoms with Crippen molar-refractivity contribution in [2.45, 2.75) is 24.7 Å². The molecule has 2 N–H and O–H groups in total. The van der Waals surface area contributed by atoms with Gasteiger partial charge in [-0.3, -0.25) is 4.99 Å². The summed E-state index contributed by atoms with van der Waals surface area (Å²) in [6.45, 7) is 0.941. The van der Waals surface area contributed by atoms with E-state index in [1.165, 1.54) is 24.8 Å². The average molecular weight is 310 g/mol. The average Bonchev–Trinajstić information content (AvgIpc) is 2.33. The Labute approximate surface area is 117 Å². The van der Waals surface area contributed by atoms with E-state index >= 15 is 0 Å². The van der Waals surface area contributed by atoms with E-state index in [0.717, 1.165) is 17.0 Å². The lowest BCUT2D eigenvalue weighted by Crippen LogP contribution is -2.48. The molecule has 1 aliphatic rings. The number of nitrogens with zero attached hydrogens (tertiary/aromatic N) is 1. The van der Waals surface area contributed by atoms with Gasteiger partial charge in [0.1, 0.15) is 0 Å². The topological polar surface area (TPSA) is 36.4 Å². The van der Waals surface area contributed by atoms with E-state index in [1.54, 1.807) is 7.05 Å². The predicted molar refractivity (Wildman–Crippen MR) is 80.1 cm³/mol. The molecule has 0 aromatic heterocycles. The van der Waals surface area contributed by atoms with E-state index in [2.05, 4.69) is 55.8 Å². The number of halogens is 1. The molecule has 0 saturated heterocycles. The van der Waals surface area contributed by atoms with Crippen molar-refractivity contribution < 1.29 is 0 Å². The van der Waals surface area contributed by atoms with Gasteiger partial charge in [0.25, 0.3) is 0 Å². The van der Waals surface area contributed by atoms with Crippen molar-refractivity contribution in [1.82, 2.24) is 10.6 Å². The van der Waals surface area contributed by atoms with Crippen LogP contribution in [0.5, 0.6) is 0 Å². The maximum Gasteiger partial charge on any atom is 0.190 e. The van der Waals surface area contributed by atoms with Crippen molar-refractivity contribution >= 4 is 21.9 Å². The summed E-state index contributed by atoms with van der Waals surface area (Å²) in [7, 11) is 3.69. The molecule has 18 heavy (non-hydrogen) atoms. The molecule has 4 heteroatoms. The van der Waals surface area contributed by atoms with Gasteiger partial charge in [0.05, 0.1) is 0 Å². The Kier molecular flexibility index (Phi) is 4.27. The molecule has 3 nitrogen and oxygen atoms in total. The Balaban J connectivity index is 2.11. The first-order chi connectivity index (χ1) is 8.70. The van der Waals surface area contributed by atoms with Gasteiger partial charge in [-0.15, -0.1) is 0 Å². The van der Waals surface area contributed by atoms with Gasteiger partial charge in [-0.05, 0) is 30.5 Å². The summed E-state index contributed by atoms with van der Waals surface area (Å²) in [5.41, 5.74) is 1.69. The standard InChI is InChI=1S/C14H20BrN3/c1-16-13(17-2)18-10-14(7-4-8-14)11-5-3-6-12(15)9-11/h3,5-6,9H,4,7-8,10H2,1-2H3,(H2,16,17,18). The van der Waals surface area contributed by atoms with Crippen LogP contribution in [0.2, 0.25) is 0 Å². The number of guanidine groups is 1. The molecule has 1 aliphatic carbocycles. The summed E-state index contributed by atoms with van der Waals surface area (Å²) in [6.07, 6.45) is 3.81. The van der Waals surface area contributed by atoms with Crippen LogP contribution in [0, 0.1) is 0 Å². The summed E-state index contributed by atoms with van der Waals surface area (Å²) in [5, 5.41) is 6.47. The molecule has 0 aliphatic heterocycles. The third-order valence-corrected chi connectivity index (χ3v) is 4.30. The molecule has 0 radical (unpaired) electrons. The number of benzene rings is 1. The largest absolute Gasteiger partial charge is 0.359 e. The molecule has 2 rings (SSSR count). The molecule has 0 bridgehead atoms. The fourth-order valence-electron chi connectivity index (χ4n) is 2.52. The van der Waals surface area contributed by atoms with Crippen LogP contribution in [0.1, 0.15) is 24.8 Å². The molecule has 0 atom stereocenters. The summed E-state index contributed by atoms with van der Waals surface area (Å²) in [5.74, 6) is 0.858. The van der Waals surface area contributed by atoms with Crippen LogP contribution >= 0.6 is 15.9 Å². The monoisotopic (exact) mass is 309 g/mol. The van der Waals surface area contributed by atoms with Gasteiger partial charge in [-0.1, -0.05) is 34.5 Å². The Bertz CT molecular complexity index is 438. The summed E-state index contributed by atoms with van der Waals surface area (Å²) in [6, 6.07) is 8.67. The fraction of sp³-hybridized carbons (Fsp3) is 0.500. The minimum atomic E-state index is 0.274. The Morgan fingerprint density at radius 3 is 2.72 bits per heavy atom. The first kappa shape index (κ1) is 13.4. The van der Waals surface area contributed by atoms with Crippen molar-refractivity contribution in [2.75, 3.05) is 20.6 Å². The zero-order valence-electron chi connectivity index (χ0n) is 11.0. The van der Waals surface area contributed by atoms with E-state index < -0.39 is 0 Å². The Hall–Kier alpha value is -1.03. The third kappa shape index (κ3) is 2.69. The second-order valence-corrected chi connectivity index (χ2v) is 5.74. The van der Waals surface area contributed by atoms with Crippen molar-refractivity contribution in [3.8, 4) is 0 Å². The van der Waals surface area contributed by atoms with Crippen LogP contribution in [-0.4, -0.2) is 26.6 Å². The fourth-order valence-corrected chi connectivity index (χ4v) is 2.92. The van der Waals surface area contributed by atoms with E-state index in [-0.39, 0.29) is 5.41 Å². The number of hydrogen-bond donors (Lipinski definition) is 2. The molecular weight excluding hydrogens is 290 g/mol. The Morgan fingerprint density at radius 1 is 1.44 bits per heavy atom. The van der Waals surface area contributed by atoms with Gasteiger partial charge < -0.3 is 10.6 Å². The maximum atomic E-state index is 4.16. The van der Waals surface area contributed by atoms with Crippen LogP contribution in [0.25, 0.3) is 0 Å². The first-order valence-electron chi connectivity index (χ1n) is 6.35. The molecule has 1 saturated carbocycles. The molecular formula is C14H20BrN3. The lowest BCUT2D eigenvalue weighted by atomic mass is 9.64. The molecule has 1 fully saturated rings. The smallest absolute Gasteiger partial charge is 0.190 e. The lowest BCUT2D eigenvalue weighted by molar-refractivity contribution is 0.244. The number of nitrogens with one attached hydrogen (secondary N) is 2. The highest BCUT2D eigenvalue weighted by molar-refractivity contribution is 9.10. The minimum absolute atomic E-state index is 0.274. The van der Waals surface area contributed by atoms with Crippen LogP contribution in [0.15, 0.2) is 33.7 Å². The predicted octanol–water partition coefficient (Wildman–Crippen LogP) is 2.67. The van der Waals surface area contributed by atoms with Crippen molar-refractivity contribution in [3.63, 3.8) is 0 Å². The van der Waals surface area contributed by atoms with E-state index in [4.69, 9.17) is 0 Å². The normalized spacial score (nSPS) is 18.1. The third-order valence-electron chi connectivity index (χ3n) is 3.80. The molecule has 1 aromatic rings. The molecule has 1 aromatic carbocycles. The van der Waals surface area contributed by atoms with Crippen molar-refractivity contribution in [1.29, 1.82) is 0 Å². The zero-order chi connectivity index (χ0) is 13.0. The summed E-state index contributed by atoms with van der Waals surface area (Å²) in [4.78, 5) is 4.16. The van der Waals surface area contributed by atoms with E-state index in [9.17, 15) is 0 Å². The zero-order valence-corrected chi connectivity index (χ0v) is 12.5. The van der Waals surface area contributed by atoms with Gasteiger partial charge >= 0.3 is 0 Å². The van der Waals surface area contributed by atoms with Crippen LogP contribution in [-0.2, 0) is 5.41 Å². The van der Waals surface area contributed by atoms with Crippen molar-refractivity contribution in [2.24, 2.45) is 4.99 Å². The molecule has 0 amide bonds. The second kappa shape index (κ2) is 5.74. The summed E-state index contributed by atoms with van der Waals surface area (Å²) >= 11 is 3.56. The molecule has 0 spiro atoms. The molecule has 0 unspecified atom stereocenters. The van der Waals surface area contributed by atoms with Gasteiger partial charge in [0, 0.05) is 30.5 Å². The molecule has 98 valence electrons. The van der Waals surface area contributed by atoms with Crippen LogP contribution in [0.3, 0.4) is 0 Å². The number of rotatable bonds is 3. The minimum Gasteiger partial charge on any atom is -0.359 e. The lowest BCUT2D eigenvalue weighted by Gasteiger charge is -2.43. The van der Waals surface area contributed by atoms with Gasteiger partial charge in [0.2, 0.25) is 0 Å². The van der Waals surface area contributed by atoms with Crippen LogP contribution in [0.4, 0.5) is 0 Å². The number of hydrogen-bond acceptors (Lipinski definition) is 1. The van der Waals surface area contributed by atoms with Crippen LogP contribution < -0.4 is 10.6 Å². The van der Waals surface area contributed by atoms with Gasteiger partial charge in [-0.25, -0.2) is 0 Å². The quantitative estimate of drug-likeness (QED) is 0.665. The van der Waals surface area contributed by atoms with Crippen molar-refractivity contribution in [3.05, 3.63) is 34.3 Å². The van der Waals surface area contributed by atoms with E-state index in [1.807, 2.05) is 7.05 Å². The first-order valence-corrected chi connectivity index (χ1v) is 7.14. The van der Waals surface area contributed by atoms with E-state index in [0.29, 0.717) is 0 Å². The van der Waals surface area contributed by atoms with Gasteiger partial charge in [0.15, 0.2) is 5.96 Å². The highest BCUT2D eigenvalue weighted by atomic mass is 79.9. The maximum absolute atomic E-state index is 4.16. The summed E-state index contributed by atoms with van der Waals surface area (Å²) < 4.78 is 1.16. The highest BCUT2D eigenvalue weighted by Gasteiger charge is 2.38. The van der Waals surface area contributed by atoms with Gasteiger partial charge in [-0.2, -0.15) is 0 Å². The Morgan fingerprint density at radius 2 is 2.22 bits per heavy atom. The highest BCUT2D eigenvalue weighted by Crippen LogP contribution is 2.43. The SMILES string of the molecule is CN=C(NC)NCC1(c2cccc(Br)c2)CCC1.